The maximum Gasteiger partial charge on any atom is 0.283 e. The third-order valence-corrected chi connectivity index (χ3v) is 2.77. The van der Waals surface area contributed by atoms with Crippen molar-refractivity contribution in [2.45, 2.75) is 9.79 Å². The first-order valence-corrected chi connectivity index (χ1v) is 5.33. The van der Waals surface area contributed by atoms with E-state index in [-0.39, 0.29) is 40.1 Å². The molecular formula is C7H7NNaO3S2. The summed E-state index contributed by atoms with van der Waals surface area (Å²) in [4.78, 5) is 10.6. The van der Waals surface area contributed by atoms with E-state index in [4.69, 9.17) is 0 Å². The molecular weight excluding hydrogens is 233 g/mol. The van der Waals surface area contributed by atoms with Crippen LogP contribution in [-0.2, 0) is 10.8 Å². The molecule has 0 bridgehead atoms. The van der Waals surface area contributed by atoms with Crippen molar-refractivity contribution in [3.05, 3.63) is 28.3 Å². The molecule has 1 unspecified atom stereocenters. The molecule has 1 aromatic rings. The summed E-state index contributed by atoms with van der Waals surface area (Å²) in [5.41, 5.74) is -0.115. The maximum absolute atomic E-state index is 11.0. The average Bonchev–Trinajstić information content (AvgIpc) is 2.04. The molecule has 1 atom stereocenters. The van der Waals surface area contributed by atoms with Crippen LogP contribution >= 0.6 is 12.6 Å². The van der Waals surface area contributed by atoms with E-state index in [1.54, 1.807) is 6.07 Å². The number of nitro groups is 1. The summed E-state index contributed by atoms with van der Waals surface area (Å²) in [6.07, 6.45) is 1.47. The Morgan fingerprint density at radius 3 is 2.50 bits per heavy atom. The number of hydrogen-bond acceptors (Lipinski definition) is 4. The zero-order valence-corrected chi connectivity index (χ0v) is 11.5. The maximum atomic E-state index is 11.0. The van der Waals surface area contributed by atoms with Gasteiger partial charge in [0.05, 0.1) is 20.6 Å². The zero-order valence-electron chi connectivity index (χ0n) is 7.76. The molecule has 14 heavy (non-hydrogen) atoms. The fourth-order valence-electron chi connectivity index (χ4n) is 0.828. The minimum absolute atomic E-state index is 0. The van der Waals surface area contributed by atoms with E-state index in [1.165, 1.54) is 18.4 Å². The molecule has 0 saturated carbocycles. The van der Waals surface area contributed by atoms with Gasteiger partial charge in [0, 0.05) is 46.8 Å². The van der Waals surface area contributed by atoms with Crippen molar-refractivity contribution in [3.8, 4) is 0 Å². The van der Waals surface area contributed by atoms with Crippen LogP contribution < -0.4 is 0 Å². The predicted octanol–water partition coefficient (Wildman–Crippen LogP) is 1.24. The predicted molar refractivity (Wildman–Crippen MR) is 58.4 cm³/mol. The molecule has 0 fully saturated rings. The van der Waals surface area contributed by atoms with Crippen molar-refractivity contribution < 1.29 is 9.13 Å². The Labute approximate surface area is 111 Å². The van der Waals surface area contributed by atoms with Crippen LogP contribution in [0.15, 0.2) is 28.0 Å². The fraction of sp³-hybridized carbons (Fsp3) is 0.143. The molecule has 0 amide bonds. The number of nitrogens with zero attached hydrogens (tertiary/aromatic N) is 1. The van der Waals surface area contributed by atoms with Crippen LogP contribution in [0.1, 0.15) is 0 Å². The molecule has 0 aromatic heterocycles. The van der Waals surface area contributed by atoms with Gasteiger partial charge in [-0.2, -0.15) is 0 Å². The van der Waals surface area contributed by atoms with Gasteiger partial charge < -0.3 is 0 Å². The van der Waals surface area contributed by atoms with Gasteiger partial charge in [0.1, 0.15) is 0 Å². The molecule has 0 heterocycles. The van der Waals surface area contributed by atoms with Crippen LogP contribution in [-0.4, -0.2) is 44.9 Å². The zero-order chi connectivity index (χ0) is 10.0. The van der Waals surface area contributed by atoms with Crippen LogP contribution in [0.3, 0.4) is 0 Å². The molecule has 0 aliphatic heterocycles. The summed E-state index contributed by atoms with van der Waals surface area (Å²) in [6, 6.07) is 4.31. The van der Waals surface area contributed by atoms with E-state index in [1.807, 2.05) is 0 Å². The Morgan fingerprint density at radius 1 is 1.50 bits per heavy atom. The molecule has 0 N–H and O–H groups in total. The minimum Gasteiger partial charge on any atom is -0.258 e. The average molecular weight is 240 g/mol. The van der Waals surface area contributed by atoms with Gasteiger partial charge in [0.2, 0.25) is 0 Å². The first-order valence-electron chi connectivity index (χ1n) is 3.33. The SMILES string of the molecule is CS(=O)c1ccc(S)c([N+](=O)[O-])c1.[Na]. The summed E-state index contributed by atoms with van der Waals surface area (Å²) in [5, 5.41) is 10.5. The van der Waals surface area contributed by atoms with Crippen molar-refractivity contribution >= 4 is 58.7 Å². The van der Waals surface area contributed by atoms with Gasteiger partial charge in [0.15, 0.2) is 0 Å². The third-order valence-electron chi connectivity index (χ3n) is 1.48. The standard InChI is InChI=1S/C7H7NO3S2.Na/c1-13(11)5-2-3-7(12)6(4-5)8(9)10;/h2-4,12H,1H3;. The summed E-state index contributed by atoms with van der Waals surface area (Å²) < 4.78 is 11.0. The van der Waals surface area contributed by atoms with E-state index in [0.29, 0.717) is 4.90 Å². The number of nitro benzene ring substituents is 1. The van der Waals surface area contributed by atoms with Gasteiger partial charge in [-0.25, -0.2) is 0 Å². The van der Waals surface area contributed by atoms with Crippen LogP contribution in [0.25, 0.3) is 0 Å². The first-order chi connectivity index (χ1) is 6.02. The van der Waals surface area contributed by atoms with Crippen LogP contribution in [0.2, 0.25) is 0 Å². The second kappa shape index (κ2) is 5.87. The van der Waals surface area contributed by atoms with E-state index in [0.717, 1.165) is 0 Å². The second-order valence-electron chi connectivity index (χ2n) is 2.36. The van der Waals surface area contributed by atoms with Gasteiger partial charge in [-0.1, -0.05) is 0 Å². The van der Waals surface area contributed by atoms with E-state index >= 15 is 0 Å². The van der Waals surface area contributed by atoms with Crippen molar-refractivity contribution in [2.75, 3.05) is 6.26 Å². The molecule has 71 valence electrons. The van der Waals surface area contributed by atoms with Crippen molar-refractivity contribution in [2.24, 2.45) is 0 Å². The number of thiol groups is 1. The Kier molecular flexibility index (Phi) is 5.92. The summed E-state index contributed by atoms with van der Waals surface area (Å²) in [6.45, 7) is 0. The third kappa shape index (κ3) is 3.36. The Hall–Kier alpha value is 0.120. The van der Waals surface area contributed by atoms with Crippen molar-refractivity contribution in [3.63, 3.8) is 0 Å². The normalized spacial score (nSPS) is 11.6. The Bertz CT molecular complexity index is 383. The van der Waals surface area contributed by atoms with Gasteiger partial charge in [-0.05, 0) is 12.1 Å². The quantitative estimate of drug-likeness (QED) is 0.366. The minimum atomic E-state index is -1.20. The molecule has 1 aromatic carbocycles. The van der Waals surface area contributed by atoms with Crippen LogP contribution in [0.5, 0.6) is 0 Å². The smallest absolute Gasteiger partial charge is 0.258 e. The molecule has 4 nitrogen and oxygen atoms in total. The summed E-state index contributed by atoms with van der Waals surface area (Å²) >= 11 is 3.91. The van der Waals surface area contributed by atoms with Gasteiger partial charge in [-0.3, -0.25) is 14.3 Å². The summed E-state index contributed by atoms with van der Waals surface area (Å²) in [7, 11) is -1.20. The molecule has 1 radical (unpaired) electrons. The van der Waals surface area contributed by atoms with Crippen molar-refractivity contribution in [1.82, 2.24) is 0 Å². The van der Waals surface area contributed by atoms with Gasteiger partial charge in [0.25, 0.3) is 5.69 Å². The van der Waals surface area contributed by atoms with Crippen LogP contribution in [0.4, 0.5) is 5.69 Å². The molecule has 0 aliphatic rings. The topological polar surface area (TPSA) is 60.2 Å². The largest absolute Gasteiger partial charge is 0.283 e. The molecule has 0 saturated heterocycles. The Balaban J connectivity index is 0.00000169. The van der Waals surface area contributed by atoms with Crippen molar-refractivity contribution in [1.29, 1.82) is 0 Å². The van der Waals surface area contributed by atoms with E-state index < -0.39 is 15.7 Å². The summed E-state index contributed by atoms with van der Waals surface area (Å²) in [5.74, 6) is 0. The number of benzene rings is 1. The van der Waals surface area contributed by atoms with Gasteiger partial charge in [-0.15, -0.1) is 12.6 Å². The molecule has 0 aliphatic carbocycles. The molecule has 0 spiro atoms. The molecule has 7 heteroatoms. The number of rotatable bonds is 2. The first kappa shape index (κ1) is 14.1. The Morgan fingerprint density at radius 2 is 2.07 bits per heavy atom. The van der Waals surface area contributed by atoms with E-state index in [2.05, 4.69) is 12.6 Å². The second-order valence-corrected chi connectivity index (χ2v) is 4.22. The van der Waals surface area contributed by atoms with Gasteiger partial charge >= 0.3 is 0 Å². The van der Waals surface area contributed by atoms with Crippen LogP contribution in [0, 0.1) is 10.1 Å². The van der Waals surface area contributed by atoms with E-state index in [9.17, 15) is 14.3 Å². The monoisotopic (exact) mass is 240 g/mol. The fourth-order valence-corrected chi connectivity index (χ4v) is 1.59. The molecule has 1 rings (SSSR count). The number of hydrogen-bond donors (Lipinski definition) is 1.